The quantitative estimate of drug-likeness (QED) is 0.00470. The number of nitriles is 6. The Morgan fingerprint density at radius 1 is 0.517 bits per heavy atom. The van der Waals surface area contributed by atoms with Crippen molar-refractivity contribution >= 4 is 205 Å². The Morgan fingerprint density at radius 2 is 0.803 bits per heavy atom. The number of rotatable bonds is 17. The molecule has 0 aliphatic carbocycles. The second kappa shape index (κ2) is 94.0. The number of Topliss-reactive ketones (excluding diaryl/α,β-unsaturated/α-hetero) is 1. The van der Waals surface area contributed by atoms with Crippen LogP contribution in [0.1, 0.15) is 153 Å². The predicted molar refractivity (Wildman–Crippen MR) is 568 cm³/mol. The average molecular weight is 2210 g/mol. The number of carbonyl (C=O) groups is 7. The number of H-pyrrole nitrogens is 1. The minimum Gasteiger partial charge on any atom is -0.780 e. The summed E-state index contributed by atoms with van der Waals surface area (Å²) in [7, 11) is 10.8. The van der Waals surface area contributed by atoms with E-state index in [1.807, 2.05) is 89.7 Å². The van der Waals surface area contributed by atoms with Crippen LogP contribution in [0.25, 0.3) is 49.0 Å². The number of nitrogen functional groups attached to an aromatic ring is 2. The van der Waals surface area contributed by atoms with E-state index < -0.39 is 62.6 Å². The second-order valence-corrected chi connectivity index (χ2v) is 32.6. The third-order valence-corrected chi connectivity index (χ3v) is 18.4. The summed E-state index contributed by atoms with van der Waals surface area (Å²) in [5.74, 6) is -0.636. The van der Waals surface area contributed by atoms with Crippen molar-refractivity contribution in [3.05, 3.63) is 237 Å². The molecule has 55 heteroatoms. The Bertz CT molecular complexity index is 5600. The molecule has 6 aromatic heterocycles. The number of nitrogens with two attached hydrogens (primary N) is 7. The van der Waals surface area contributed by atoms with E-state index in [9.17, 15) is 38.8 Å². The van der Waals surface area contributed by atoms with E-state index >= 15 is 0 Å². The van der Waals surface area contributed by atoms with Gasteiger partial charge in [-0.2, -0.15) is 41.3 Å². The first-order valence-electron chi connectivity index (χ1n) is 40.4. The number of aliphatic hydroxyl groups excluding tert-OH is 2. The van der Waals surface area contributed by atoms with E-state index in [1.165, 1.54) is 34.6 Å². The monoisotopic (exact) mass is 2210 g/mol. The molecule has 5 amide bonds. The molecule has 0 radical (unpaired) electrons. The Balaban J connectivity index is -0.000000135. The molecule has 0 aliphatic rings. The maximum absolute atomic E-state index is 11.2. The maximum Gasteiger partial charge on any atom is 1.00 e. The van der Waals surface area contributed by atoms with Crippen LogP contribution in [0.3, 0.4) is 0 Å². The van der Waals surface area contributed by atoms with Gasteiger partial charge in [-0.15, -0.1) is 0 Å². The zero-order valence-corrected chi connectivity index (χ0v) is 97.2. The normalized spacial score (nSPS) is 9.63. The number of pyridine rings is 6. The van der Waals surface area contributed by atoms with Crippen LogP contribution in [0.4, 0.5) is 51.7 Å². The summed E-state index contributed by atoms with van der Waals surface area (Å²) in [6, 6.07) is 17.1. The number of aromatic amines is 1. The maximum atomic E-state index is 11.2. The van der Waals surface area contributed by atoms with Crippen molar-refractivity contribution < 1.29 is 122 Å². The molecule has 0 aliphatic heterocycles. The summed E-state index contributed by atoms with van der Waals surface area (Å²) < 4.78 is 15.8. The van der Waals surface area contributed by atoms with E-state index in [4.69, 9.17) is 208 Å². The Morgan fingerprint density at radius 3 is 1.01 bits per heavy atom. The van der Waals surface area contributed by atoms with Gasteiger partial charge < -0.3 is 120 Å². The summed E-state index contributed by atoms with van der Waals surface area (Å²) in [6.07, 6.45) is 2.74. The molecule has 0 fully saturated rings. The average Bonchev–Trinajstić information content (AvgIpc) is 0.792. The van der Waals surface area contributed by atoms with Crippen LogP contribution in [0.5, 0.6) is 0 Å². The van der Waals surface area contributed by atoms with Crippen LogP contribution in [0, 0.1) is 162 Å². The van der Waals surface area contributed by atoms with Gasteiger partial charge in [-0.1, -0.05) is 119 Å². The molecule has 5 atom stereocenters. The smallest absolute Gasteiger partial charge is 0.780 e. The number of anilines is 4. The van der Waals surface area contributed by atoms with Crippen LogP contribution in [0.15, 0.2) is 52.7 Å². The van der Waals surface area contributed by atoms with Gasteiger partial charge in [0.15, 0.2) is 29.3 Å². The minimum absolute atomic E-state index is 0. The second-order valence-electron chi connectivity index (χ2n) is 26.6. The third-order valence-electron chi connectivity index (χ3n) is 14.5. The van der Waals surface area contributed by atoms with E-state index in [2.05, 4.69) is 116 Å². The third kappa shape index (κ3) is 71.2. The van der Waals surface area contributed by atoms with Crippen molar-refractivity contribution in [2.45, 2.75) is 170 Å². The molecule has 0 bridgehead atoms. The number of halogens is 5. The number of thioether (sulfide) groups is 2. The van der Waals surface area contributed by atoms with E-state index in [0.717, 1.165) is 23.5 Å². The molecule has 6 aromatic rings. The van der Waals surface area contributed by atoms with Gasteiger partial charge in [-0.05, 0) is 139 Å². The molecular weight excluding hydrogens is 2100 g/mol. The molecule has 6 heterocycles. The summed E-state index contributed by atoms with van der Waals surface area (Å²) in [6.45, 7) is 93.6. The minimum atomic E-state index is -1.01. The topological polar surface area (TPSA) is 671 Å². The number of aliphatic hydroxyl groups is 2. The molecule has 147 heavy (non-hydrogen) atoms. The van der Waals surface area contributed by atoms with E-state index in [-0.39, 0.29) is 177 Å². The van der Waals surface area contributed by atoms with Gasteiger partial charge in [-0.25, -0.2) is 65.5 Å². The van der Waals surface area contributed by atoms with Gasteiger partial charge in [0.05, 0.1) is 83.3 Å². The van der Waals surface area contributed by atoms with Gasteiger partial charge in [0.1, 0.15) is 116 Å². The molecular formula is C92H113Cl5N32Na2O12S4. The van der Waals surface area contributed by atoms with Gasteiger partial charge >= 0.3 is 64.9 Å². The first kappa shape index (κ1) is 159. The number of amides is 5. The number of nitrogens with zero attached hydrogens (tertiary/aromatic N) is 23. The number of aromatic nitrogens is 6. The molecule has 0 spiro atoms. The number of ether oxygens (including phenoxy) is 3. The molecule has 0 aromatic carbocycles. The van der Waals surface area contributed by atoms with Gasteiger partial charge in [0.2, 0.25) is 51.9 Å². The van der Waals surface area contributed by atoms with Crippen LogP contribution in [-0.2, 0) is 73.0 Å². The van der Waals surface area contributed by atoms with Crippen LogP contribution >= 0.6 is 81.5 Å². The summed E-state index contributed by atoms with van der Waals surface area (Å²) >= 11 is 39.4. The number of primary amides is 5. The molecule has 0 saturated carbocycles. The molecule has 0 saturated heterocycles. The molecule has 774 valence electrons. The van der Waals surface area contributed by atoms with Crippen molar-refractivity contribution in [2.24, 2.45) is 28.7 Å². The zero-order valence-electron chi connectivity index (χ0n) is 86.1. The Hall–Kier alpha value is -13.1. The van der Waals surface area contributed by atoms with Gasteiger partial charge in [0.25, 0.3) is 12.5 Å². The summed E-state index contributed by atoms with van der Waals surface area (Å²) in [4.78, 5) is 124. The largest absolute Gasteiger partial charge is 1.00 e. The molecule has 18 N–H and O–H groups in total. The fourth-order valence-electron chi connectivity index (χ4n) is 7.63. The van der Waals surface area contributed by atoms with Gasteiger partial charge in [0, 0.05) is 80.6 Å². The summed E-state index contributed by atoms with van der Waals surface area (Å²) in [5.41, 5.74) is 40.0. The van der Waals surface area contributed by atoms with Crippen molar-refractivity contribution in [2.75, 3.05) is 96.5 Å². The first-order valence-corrected chi connectivity index (χ1v) is 45.0. The number of hydrogen-bond donors (Lipinski definition) is 10. The SMILES string of the molecule is CC(=O)SC(C)C(N)=O.CC(C)=O.CC(O)C(N)=O.CC([S-])C(N)=O.CC([S-])C(N)=O.CCO.CCOC(C)(OCC)OCC.CNC.[C-]#[N+]C(=C=[N-])C(C)=C([N+]#[C-])[N+]#[C-].[C-]#[N+]CC#N.[C-]#[N+]c1c(Cl)nc(Cl)c(C#N)c1C.[C-]#[N+]c1c(N(C)C)nc(Cl)c(C#N)c1C.[C-]#[N+]c1c(N(C)C)nc(SC(C)C(N)=O)c(C#N)c1C.[C-]#[N+]c1c(N)nc(Cl)c(C#N)c1C.[C-]#[N+]c1c(N)nc(Cl)c(C#N)c1C.[Na+].[Na+].c1cc[nH+]cc1. The van der Waals surface area contributed by atoms with Crippen LogP contribution < -0.4 is 119 Å². The fourth-order valence-corrected chi connectivity index (χ4v) is 10.5. The first-order chi connectivity index (χ1) is 67.5. The van der Waals surface area contributed by atoms with E-state index in [0.29, 0.717) is 81.2 Å². The molecule has 6 rings (SSSR count). The van der Waals surface area contributed by atoms with Crippen molar-refractivity contribution in [3.8, 4) is 36.4 Å². The van der Waals surface area contributed by atoms with Crippen LogP contribution in [-0.4, -0.2) is 190 Å². The Kier molecular flexibility index (Phi) is 102. The predicted octanol–water partition coefficient (Wildman–Crippen LogP) is 8.63. The number of allylic oxidation sites excluding steroid dienone is 1. The zero-order chi connectivity index (χ0) is 116. The van der Waals surface area contributed by atoms with Crippen molar-refractivity contribution in [1.29, 1.82) is 31.6 Å². The Labute approximate surface area is 948 Å². The number of nitrogens with one attached hydrogen (secondary N) is 2. The number of hydrogen-bond acceptors (Lipinski definition) is 32. The van der Waals surface area contributed by atoms with Gasteiger partial charge in [-0.3, -0.25) is 34.6 Å². The van der Waals surface area contributed by atoms with Crippen molar-refractivity contribution in [3.63, 3.8) is 0 Å². The fraction of sp³-hybridized carbons (Fsp3) is 0.391. The van der Waals surface area contributed by atoms with Crippen LogP contribution in [0.2, 0.25) is 25.8 Å². The molecule has 5 unspecified atom stereocenters. The summed E-state index contributed by atoms with van der Waals surface area (Å²) in [5, 5.41) is 77.6. The molecule has 44 nitrogen and oxygen atoms in total. The number of carbonyl (C=O) groups excluding carboxylic acids is 7. The number of ketones is 1. The standard InChI is InChI=1S/C13H15N5OS.C10H9ClN4.C8H3Cl2N3.2C8H5ClN4.C8H3N4.C8H18O3.C5H9NO2S.C5H5N.C3H2N2.C3H7NO2.2C3H7NOS.C3H6O.C2H7N.C2H6O.2Na/c1-7-9(6-14)13(20-8(2)11(15)19)17-12(18(4)5)10(7)16-3;1-6-7(5-12)9(11)14-10(15(3)4)8(6)13-2;1-4-5(3-11)7(9)13-8(10)6(4)12-2;2*1-4-5(3-10)7(9)13-8(11)6(4)12-2;1-6(7(5-9)10-2)8(11-3)12-4;1-5-9-8(4,10-6-2)11-7-3;1-3(5(6)8)9-4(2)7;1-2-4-6-5-3-1;1-5-3-2-4;1-2(5)3(4)6;2*1-2(6)3(4)5;1-3(2)4;1-3-2;1-2-3;;/h8H,1-2,4-5H3,(H2,15,19);1,3-4H3;1H3;2*1H3,(H2,11,13);1H3;5-7H2,1-4H3;3H,1-2H3,(H2,6,8);1-5H;3H2;2,5H,1H3,(H2,4,6);2*2,6H,1H3,(H2,4,5);1-2H3;3H,1-2H3;3H,2H2,1H3;;/q;;;;;-1;;;;;;;;;;;2*+1/p-1. The van der Waals surface area contributed by atoms with E-state index in [1.54, 1.807) is 126 Å². The van der Waals surface area contributed by atoms with Crippen molar-refractivity contribution in [1.82, 2.24) is 30.2 Å².